The van der Waals surface area contributed by atoms with Crippen molar-refractivity contribution in [2.45, 2.75) is 12.3 Å². The quantitative estimate of drug-likeness (QED) is 0.635. The molecule has 0 fully saturated rings. The zero-order valence-corrected chi connectivity index (χ0v) is 11.0. The van der Waals surface area contributed by atoms with Crippen LogP contribution in [0.15, 0.2) is 12.1 Å². The normalized spacial score (nSPS) is 21.6. The van der Waals surface area contributed by atoms with Gasteiger partial charge in [0.15, 0.2) is 0 Å². The fraction of sp³-hybridized carbons (Fsp3) is 0.364. The molecule has 0 aliphatic carbocycles. The summed E-state index contributed by atoms with van der Waals surface area (Å²) in [4.78, 5) is 13.0. The van der Waals surface area contributed by atoms with Crippen molar-refractivity contribution < 1.29 is 26.5 Å². The molecule has 1 N–H and O–H groups in total. The summed E-state index contributed by atoms with van der Waals surface area (Å²) in [5.41, 5.74) is -1.96. The van der Waals surface area contributed by atoms with Gasteiger partial charge >= 0.3 is 29.6 Å². The molecule has 1 aliphatic heterocycles. The fourth-order valence-electron chi connectivity index (χ4n) is 2.42. The van der Waals surface area contributed by atoms with Gasteiger partial charge in [-0.2, -0.15) is 8.42 Å². The standard InChI is InChI=1S/C11H11F2NO4S.Na.H/c1-11(5-19(16,17)18)7-3-6(12)4-8(13)9(7)14(2)10(11)15;;/h3-4H,5H2,1-2H3,(H,16,17,18);;. The van der Waals surface area contributed by atoms with Crippen LogP contribution < -0.4 is 4.90 Å². The Morgan fingerprint density at radius 3 is 2.40 bits per heavy atom. The summed E-state index contributed by atoms with van der Waals surface area (Å²) in [6.45, 7) is 1.23. The summed E-state index contributed by atoms with van der Waals surface area (Å²) in [6, 6.07) is 1.52. The van der Waals surface area contributed by atoms with Crippen LogP contribution in [-0.4, -0.2) is 61.2 Å². The number of carbonyl (C=O) groups excluding carboxylic acids is 1. The molecule has 1 aromatic carbocycles. The third-order valence-electron chi connectivity index (χ3n) is 3.21. The van der Waals surface area contributed by atoms with E-state index in [4.69, 9.17) is 4.55 Å². The Balaban J connectivity index is 0.00000200. The first-order valence-electron chi connectivity index (χ1n) is 5.29. The molecule has 0 saturated carbocycles. The van der Waals surface area contributed by atoms with E-state index in [1.165, 1.54) is 14.0 Å². The van der Waals surface area contributed by atoms with Crippen LogP contribution in [0.1, 0.15) is 12.5 Å². The number of nitrogens with zero attached hydrogens (tertiary/aromatic N) is 1. The van der Waals surface area contributed by atoms with Gasteiger partial charge in [-0.05, 0) is 18.6 Å². The molecule has 5 nitrogen and oxygen atoms in total. The Morgan fingerprint density at radius 1 is 1.35 bits per heavy atom. The molecule has 1 amide bonds. The summed E-state index contributed by atoms with van der Waals surface area (Å²) in [5.74, 6) is -3.52. The van der Waals surface area contributed by atoms with Gasteiger partial charge in [-0.1, -0.05) is 0 Å². The molecular formula is C11H12F2NNaO4S. The van der Waals surface area contributed by atoms with E-state index in [2.05, 4.69) is 0 Å². The predicted molar refractivity (Wildman–Crippen MR) is 70.7 cm³/mol. The van der Waals surface area contributed by atoms with Gasteiger partial charge in [-0.3, -0.25) is 9.35 Å². The van der Waals surface area contributed by atoms with Crippen molar-refractivity contribution in [2.24, 2.45) is 0 Å². The molecule has 0 saturated heterocycles. The van der Waals surface area contributed by atoms with Gasteiger partial charge in [-0.25, -0.2) is 8.78 Å². The fourth-order valence-corrected chi connectivity index (χ4v) is 3.43. The molecule has 2 rings (SSSR count). The Bertz CT molecular complexity index is 679. The van der Waals surface area contributed by atoms with Gasteiger partial charge in [0, 0.05) is 13.1 Å². The van der Waals surface area contributed by atoms with E-state index in [1.807, 2.05) is 0 Å². The van der Waals surface area contributed by atoms with Crippen molar-refractivity contribution in [1.82, 2.24) is 0 Å². The number of halogens is 2. The average Bonchev–Trinajstić information content (AvgIpc) is 2.39. The van der Waals surface area contributed by atoms with Crippen LogP contribution in [0.5, 0.6) is 0 Å². The Morgan fingerprint density at radius 2 is 1.90 bits per heavy atom. The van der Waals surface area contributed by atoms with Crippen LogP contribution in [0.3, 0.4) is 0 Å². The van der Waals surface area contributed by atoms with Crippen molar-refractivity contribution in [1.29, 1.82) is 0 Å². The first kappa shape index (κ1) is 17.5. The third kappa shape index (κ3) is 2.75. The van der Waals surface area contributed by atoms with Crippen molar-refractivity contribution >= 4 is 51.3 Å². The van der Waals surface area contributed by atoms with E-state index in [-0.39, 0.29) is 40.8 Å². The predicted octanol–water partition coefficient (Wildman–Crippen LogP) is 0.438. The maximum atomic E-state index is 13.7. The minimum absolute atomic E-state index is 0. The van der Waals surface area contributed by atoms with Gasteiger partial charge < -0.3 is 4.90 Å². The van der Waals surface area contributed by atoms with E-state index in [9.17, 15) is 22.0 Å². The molecule has 0 aromatic heterocycles. The zero-order chi connectivity index (χ0) is 14.6. The van der Waals surface area contributed by atoms with E-state index < -0.39 is 38.8 Å². The molecule has 1 aromatic rings. The van der Waals surface area contributed by atoms with Crippen LogP contribution in [0.25, 0.3) is 0 Å². The van der Waals surface area contributed by atoms with Gasteiger partial charge in [0.05, 0.1) is 16.9 Å². The number of benzene rings is 1. The molecular weight excluding hydrogens is 303 g/mol. The molecule has 0 radical (unpaired) electrons. The number of hydrogen-bond acceptors (Lipinski definition) is 3. The number of fused-ring (bicyclic) bond motifs is 1. The van der Waals surface area contributed by atoms with E-state index in [0.717, 1.165) is 11.0 Å². The monoisotopic (exact) mass is 315 g/mol. The van der Waals surface area contributed by atoms with Crippen molar-refractivity contribution in [2.75, 3.05) is 17.7 Å². The molecule has 20 heavy (non-hydrogen) atoms. The van der Waals surface area contributed by atoms with Crippen molar-refractivity contribution in [3.8, 4) is 0 Å². The zero-order valence-electron chi connectivity index (χ0n) is 10.1. The summed E-state index contributed by atoms with van der Waals surface area (Å²) in [7, 11) is -3.22. The second kappa shape index (κ2) is 5.34. The number of hydrogen-bond donors (Lipinski definition) is 1. The molecule has 1 atom stereocenters. The molecule has 1 unspecified atom stereocenters. The van der Waals surface area contributed by atoms with E-state index in [0.29, 0.717) is 6.07 Å². The number of rotatable bonds is 2. The third-order valence-corrected chi connectivity index (χ3v) is 4.15. The Kier molecular flexibility index (Phi) is 4.68. The summed E-state index contributed by atoms with van der Waals surface area (Å²) >= 11 is 0. The summed E-state index contributed by atoms with van der Waals surface area (Å²) in [6.07, 6.45) is 0. The average molecular weight is 315 g/mol. The first-order valence-corrected chi connectivity index (χ1v) is 6.90. The molecule has 0 bridgehead atoms. The van der Waals surface area contributed by atoms with Crippen LogP contribution in [0.2, 0.25) is 0 Å². The first-order chi connectivity index (χ1) is 8.56. The second-order valence-corrected chi connectivity index (χ2v) is 6.16. The Labute approximate surface area is 137 Å². The molecule has 1 aliphatic rings. The summed E-state index contributed by atoms with van der Waals surface area (Å²) in [5, 5.41) is 0. The van der Waals surface area contributed by atoms with Crippen LogP contribution >= 0.6 is 0 Å². The van der Waals surface area contributed by atoms with Gasteiger partial charge in [-0.15, -0.1) is 0 Å². The molecule has 0 spiro atoms. The number of likely N-dealkylation sites (N-methyl/N-ethyl adjacent to an activating group) is 1. The number of anilines is 1. The second-order valence-electron chi connectivity index (χ2n) is 4.71. The molecule has 1 heterocycles. The van der Waals surface area contributed by atoms with Crippen LogP contribution in [0, 0.1) is 11.6 Å². The topological polar surface area (TPSA) is 74.7 Å². The van der Waals surface area contributed by atoms with E-state index in [1.54, 1.807) is 0 Å². The Hall–Kier alpha value is -0.540. The minimum atomic E-state index is -4.48. The van der Waals surface area contributed by atoms with Crippen LogP contribution in [0.4, 0.5) is 14.5 Å². The number of amides is 1. The number of carbonyl (C=O) groups is 1. The van der Waals surface area contributed by atoms with Crippen LogP contribution in [-0.2, 0) is 20.3 Å². The van der Waals surface area contributed by atoms with Gasteiger partial charge in [0.25, 0.3) is 10.1 Å². The van der Waals surface area contributed by atoms with Crippen molar-refractivity contribution in [3.05, 3.63) is 29.3 Å². The SMILES string of the molecule is CN1C(=O)C(C)(CS(=O)(=O)O)c2cc(F)cc(F)c21.[NaH]. The van der Waals surface area contributed by atoms with Gasteiger partial charge in [0.2, 0.25) is 5.91 Å². The molecule has 9 heteroatoms. The van der Waals surface area contributed by atoms with Gasteiger partial charge in [0.1, 0.15) is 11.6 Å². The summed E-state index contributed by atoms with van der Waals surface area (Å²) < 4.78 is 57.9. The van der Waals surface area contributed by atoms with Crippen molar-refractivity contribution in [3.63, 3.8) is 0 Å². The maximum absolute atomic E-state index is 13.7. The van der Waals surface area contributed by atoms with E-state index >= 15 is 0 Å². The molecule has 106 valence electrons.